The minimum absolute atomic E-state index is 0.311. The second-order valence-corrected chi connectivity index (χ2v) is 3.60. The number of pyridine rings is 1. The number of nitriles is 1. The minimum Gasteiger partial charge on any atom is -0.340 e. The molecule has 0 fully saturated rings. The number of aryl methyl sites for hydroxylation is 1. The smallest absolute Gasteiger partial charge is 0.142 e. The molecule has 17 heavy (non-hydrogen) atoms. The summed E-state index contributed by atoms with van der Waals surface area (Å²) >= 11 is 0. The van der Waals surface area contributed by atoms with Crippen molar-refractivity contribution in [1.29, 1.82) is 5.26 Å². The lowest BCUT2D eigenvalue weighted by atomic mass is 10.2. The Morgan fingerprint density at radius 2 is 2.12 bits per heavy atom. The van der Waals surface area contributed by atoms with Gasteiger partial charge in [-0.05, 0) is 36.8 Å². The van der Waals surface area contributed by atoms with Crippen molar-refractivity contribution < 1.29 is 4.39 Å². The quantitative estimate of drug-likeness (QED) is 0.857. The molecule has 0 unspecified atom stereocenters. The van der Waals surface area contributed by atoms with Crippen molar-refractivity contribution >= 4 is 11.5 Å². The van der Waals surface area contributed by atoms with E-state index in [1.165, 1.54) is 12.1 Å². The van der Waals surface area contributed by atoms with Crippen LogP contribution in [0.2, 0.25) is 0 Å². The van der Waals surface area contributed by atoms with Gasteiger partial charge in [0, 0.05) is 5.69 Å². The van der Waals surface area contributed by atoms with Crippen molar-refractivity contribution in [2.45, 2.75) is 6.92 Å². The molecule has 2 aromatic rings. The van der Waals surface area contributed by atoms with Crippen molar-refractivity contribution in [3.8, 4) is 6.07 Å². The molecule has 3 nitrogen and oxygen atoms in total. The summed E-state index contributed by atoms with van der Waals surface area (Å²) in [5, 5.41) is 11.7. The van der Waals surface area contributed by atoms with Crippen LogP contribution in [0.3, 0.4) is 0 Å². The third-order valence-corrected chi connectivity index (χ3v) is 2.33. The maximum atomic E-state index is 13.1. The van der Waals surface area contributed by atoms with E-state index in [-0.39, 0.29) is 5.82 Å². The Balaban J connectivity index is 2.31. The van der Waals surface area contributed by atoms with Gasteiger partial charge in [-0.25, -0.2) is 9.37 Å². The first-order valence-electron chi connectivity index (χ1n) is 5.09. The maximum Gasteiger partial charge on any atom is 0.142 e. The zero-order chi connectivity index (χ0) is 12.3. The van der Waals surface area contributed by atoms with Gasteiger partial charge in [-0.15, -0.1) is 0 Å². The molecular weight excluding hydrogens is 217 g/mol. The van der Waals surface area contributed by atoms with E-state index < -0.39 is 0 Å². The van der Waals surface area contributed by atoms with E-state index in [1.54, 1.807) is 24.3 Å². The maximum absolute atomic E-state index is 13.1. The predicted molar refractivity (Wildman–Crippen MR) is 63.4 cm³/mol. The number of aromatic nitrogens is 1. The van der Waals surface area contributed by atoms with Gasteiger partial charge in [-0.3, -0.25) is 0 Å². The topological polar surface area (TPSA) is 48.7 Å². The summed E-state index contributed by atoms with van der Waals surface area (Å²) in [6, 6.07) is 11.5. The Morgan fingerprint density at radius 3 is 2.88 bits per heavy atom. The summed E-state index contributed by atoms with van der Waals surface area (Å²) in [5.74, 6) is 0.215. The SMILES string of the molecule is Cc1ccc(F)cc1Nc1cccc(C#N)n1. The molecule has 0 bridgehead atoms. The highest BCUT2D eigenvalue weighted by Crippen LogP contribution is 2.20. The third-order valence-electron chi connectivity index (χ3n) is 2.33. The van der Waals surface area contributed by atoms with Gasteiger partial charge < -0.3 is 5.32 Å². The molecule has 1 N–H and O–H groups in total. The predicted octanol–water partition coefficient (Wildman–Crippen LogP) is 3.14. The fourth-order valence-corrected chi connectivity index (χ4v) is 1.43. The van der Waals surface area contributed by atoms with Gasteiger partial charge in [0.05, 0.1) is 0 Å². The molecule has 0 atom stereocenters. The van der Waals surface area contributed by atoms with E-state index in [9.17, 15) is 4.39 Å². The average Bonchev–Trinajstić information content (AvgIpc) is 2.34. The average molecular weight is 227 g/mol. The van der Waals surface area contributed by atoms with Crippen molar-refractivity contribution in [3.05, 3.63) is 53.5 Å². The Labute approximate surface area is 98.5 Å². The molecule has 1 heterocycles. The number of halogens is 1. The van der Waals surface area contributed by atoms with Crippen LogP contribution in [0.15, 0.2) is 36.4 Å². The van der Waals surface area contributed by atoms with Crippen molar-refractivity contribution in [2.24, 2.45) is 0 Å². The first-order chi connectivity index (χ1) is 8.19. The van der Waals surface area contributed by atoms with Crippen LogP contribution in [0, 0.1) is 24.1 Å². The van der Waals surface area contributed by atoms with Crippen LogP contribution < -0.4 is 5.32 Å². The molecule has 0 aliphatic carbocycles. The number of hydrogen-bond acceptors (Lipinski definition) is 3. The number of benzene rings is 1. The Bertz CT molecular complexity index is 587. The van der Waals surface area contributed by atoms with Gasteiger partial charge in [0.2, 0.25) is 0 Å². The summed E-state index contributed by atoms with van der Waals surface area (Å²) in [6.07, 6.45) is 0. The first-order valence-corrected chi connectivity index (χ1v) is 5.09. The summed E-state index contributed by atoms with van der Waals surface area (Å²) in [5.41, 5.74) is 1.88. The highest BCUT2D eigenvalue weighted by atomic mass is 19.1. The molecule has 84 valence electrons. The molecule has 2 rings (SSSR count). The van der Waals surface area contributed by atoms with E-state index in [0.717, 1.165) is 5.56 Å². The molecule has 1 aromatic carbocycles. The van der Waals surface area contributed by atoms with Gasteiger partial charge in [0.25, 0.3) is 0 Å². The van der Waals surface area contributed by atoms with Crippen LogP contribution in [-0.2, 0) is 0 Å². The largest absolute Gasteiger partial charge is 0.340 e. The summed E-state index contributed by atoms with van der Waals surface area (Å²) in [7, 11) is 0. The summed E-state index contributed by atoms with van der Waals surface area (Å²) in [6.45, 7) is 1.87. The molecule has 0 saturated heterocycles. The van der Waals surface area contributed by atoms with E-state index in [0.29, 0.717) is 17.2 Å². The number of nitrogens with one attached hydrogen (secondary N) is 1. The Kier molecular flexibility index (Phi) is 3.01. The normalized spacial score (nSPS) is 9.71. The monoisotopic (exact) mass is 227 g/mol. The number of hydrogen-bond donors (Lipinski definition) is 1. The van der Waals surface area contributed by atoms with Gasteiger partial charge in [-0.2, -0.15) is 5.26 Å². The molecule has 0 aliphatic rings. The molecule has 0 aliphatic heterocycles. The van der Waals surface area contributed by atoms with Crippen LogP contribution in [0.25, 0.3) is 0 Å². The number of anilines is 2. The van der Waals surface area contributed by atoms with Crippen LogP contribution in [0.1, 0.15) is 11.3 Å². The van der Waals surface area contributed by atoms with Crippen LogP contribution >= 0.6 is 0 Å². The van der Waals surface area contributed by atoms with Gasteiger partial charge in [0.1, 0.15) is 23.4 Å². The Morgan fingerprint density at radius 1 is 1.29 bits per heavy atom. The van der Waals surface area contributed by atoms with Crippen molar-refractivity contribution in [1.82, 2.24) is 4.98 Å². The zero-order valence-corrected chi connectivity index (χ0v) is 9.24. The lowest BCUT2D eigenvalue weighted by Gasteiger charge is -2.08. The lowest BCUT2D eigenvalue weighted by molar-refractivity contribution is 0.628. The van der Waals surface area contributed by atoms with E-state index in [2.05, 4.69) is 10.3 Å². The molecule has 0 spiro atoms. The summed E-state index contributed by atoms with van der Waals surface area (Å²) < 4.78 is 13.1. The zero-order valence-electron chi connectivity index (χ0n) is 9.24. The molecule has 0 radical (unpaired) electrons. The minimum atomic E-state index is -0.311. The van der Waals surface area contributed by atoms with Gasteiger partial charge in [-0.1, -0.05) is 12.1 Å². The van der Waals surface area contributed by atoms with E-state index >= 15 is 0 Å². The van der Waals surface area contributed by atoms with Crippen LogP contribution in [0.5, 0.6) is 0 Å². The van der Waals surface area contributed by atoms with E-state index in [1.807, 2.05) is 13.0 Å². The van der Waals surface area contributed by atoms with Crippen LogP contribution in [0.4, 0.5) is 15.9 Å². The van der Waals surface area contributed by atoms with Crippen molar-refractivity contribution in [3.63, 3.8) is 0 Å². The third kappa shape index (κ3) is 2.58. The van der Waals surface area contributed by atoms with Gasteiger partial charge >= 0.3 is 0 Å². The van der Waals surface area contributed by atoms with Crippen molar-refractivity contribution in [2.75, 3.05) is 5.32 Å². The standard InChI is InChI=1S/C13H10FN3/c1-9-5-6-10(14)7-12(9)17-13-4-2-3-11(8-15)16-13/h2-7H,1H3,(H,16,17). The number of rotatable bonds is 2. The van der Waals surface area contributed by atoms with Crippen LogP contribution in [-0.4, -0.2) is 4.98 Å². The Hall–Kier alpha value is -2.41. The highest BCUT2D eigenvalue weighted by molar-refractivity contribution is 5.60. The molecule has 0 saturated carbocycles. The lowest BCUT2D eigenvalue weighted by Crippen LogP contribution is -1.97. The molecule has 0 amide bonds. The fourth-order valence-electron chi connectivity index (χ4n) is 1.43. The van der Waals surface area contributed by atoms with Gasteiger partial charge in [0.15, 0.2) is 0 Å². The van der Waals surface area contributed by atoms with E-state index in [4.69, 9.17) is 5.26 Å². The second kappa shape index (κ2) is 4.62. The molecule has 1 aromatic heterocycles. The fraction of sp³-hybridized carbons (Fsp3) is 0.0769. The highest BCUT2D eigenvalue weighted by Gasteiger charge is 2.02. The molecular formula is C13H10FN3. The second-order valence-electron chi connectivity index (χ2n) is 3.60. The molecule has 4 heteroatoms. The number of nitrogens with zero attached hydrogens (tertiary/aromatic N) is 2. The first kappa shape index (κ1) is 11.1. The summed E-state index contributed by atoms with van der Waals surface area (Å²) in [4.78, 5) is 4.06.